The Bertz CT molecular complexity index is 579. The molecule has 0 aliphatic rings. The van der Waals surface area contributed by atoms with E-state index in [4.69, 9.17) is 0 Å². The number of carbonyl (C=O) groups excluding carboxylic acids is 1. The molecule has 3 heteroatoms. The van der Waals surface area contributed by atoms with Gasteiger partial charge in [-0.3, -0.25) is 9.78 Å². The Labute approximate surface area is 113 Å². The molecule has 0 radical (unpaired) electrons. The number of aromatic nitrogens is 1. The molecule has 2 aromatic rings. The predicted molar refractivity (Wildman–Crippen MR) is 77.3 cm³/mol. The van der Waals surface area contributed by atoms with Crippen LogP contribution in [0.4, 0.5) is 5.69 Å². The first kappa shape index (κ1) is 13.3. The number of carbonyl (C=O) groups is 1. The fraction of sp³-hybridized carbons (Fsp3) is 0.250. The maximum Gasteiger partial charge on any atom is 0.231 e. The molecule has 0 aliphatic heterocycles. The first-order valence-corrected chi connectivity index (χ1v) is 6.30. The van der Waals surface area contributed by atoms with Gasteiger partial charge in [-0.1, -0.05) is 23.8 Å². The number of hydrogen-bond acceptors (Lipinski definition) is 2. The van der Waals surface area contributed by atoms with Crippen molar-refractivity contribution in [2.75, 3.05) is 11.9 Å². The summed E-state index contributed by atoms with van der Waals surface area (Å²) < 4.78 is 0. The van der Waals surface area contributed by atoms with E-state index in [-0.39, 0.29) is 5.91 Å². The zero-order valence-corrected chi connectivity index (χ0v) is 11.6. The average Bonchev–Trinajstić information content (AvgIpc) is 2.43. The minimum Gasteiger partial charge on any atom is -0.314 e. The molecule has 0 spiro atoms. The Balaban J connectivity index is 2.15. The minimum atomic E-state index is 0.0710. The van der Waals surface area contributed by atoms with Crippen LogP contribution in [0, 0.1) is 13.8 Å². The highest BCUT2D eigenvalue weighted by Gasteiger charge is 2.12. The molecule has 98 valence electrons. The van der Waals surface area contributed by atoms with Gasteiger partial charge in [0.1, 0.15) is 0 Å². The fourth-order valence-electron chi connectivity index (χ4n) is 1.97. The van der Waals surface area contributed by atoms with Crippen LogP contribution < -0.4 is 4.90 Å². The summed E-state index contributed by atoms with van der Waals surface area (Å²) in [6, 6.07) is 9.91. The molecule has 0 bridgehead atoms. The van der Waals surface area contributed by atoms with Crippen LogP contribution in [0.5, 0.6) is 0 Å². The highest BCUT2D eigenvalue weighted by molar-refractivity contribution is 5.94. The summed E-state index contributed by atoms with van der Waals surface area (Å²) in [5, 5.41) is 0. The number of hydrogen-bond donors (Lipinski definition) is 0. The Morgan fingerprint density at radius 3 is 2.74 bits per heavy atom. The monoisotopic (exact) mass is 254 g/mol. The second-order valence-corrected chi connectivity index (χ2v) is 4.77. The van der Waals surface area contributed by atoms with Crippen LogP contribution in [0.25, 0.3) is 0 Å². The number of pyridine rings is 1. The van der Waals surface area contributed by atoms with Crippen molar-refractivity contribution in [1.29, 1.82) is 0 Å². The largest absolute Gasteiger partial charge is 0.314 e. The second-order valence-electron chi connectivity index (χ2n) is 4.77. The molecule has 0 unspecified atom stereocenters. The zero-order valence-electron chi connectivity index (χ0n) is 11.6. The molecule has 1 aromatic carbocycles. The van der Waals surface area contributed by atoms with Gasteiger partial charge in [0.15, 0.2) is 0 Å². The van der Waals surface area contributed by atoms with Crippen molar-refractivity contribution in [1.82, 2.24) is 4.98 Å². The van der Waals surface area contributed by atoms with E-state index in [2.05, 4.69) is 23.2 Å². The number of nitrogens with zero attached hydrogens (tertiary/aromatic N) is 2. The van der Waals surface area contributed by atoms with E-state index in [1.807, 2.05) is 26.0 Å². The zero-order chi connectivity index (χ0) is 13.8. The molecule has 1 aromatic heterocycles. The lowest BCUT2D eigenvalue weighted by atomic mass is 10.0. The van der Waals surface area contributed by atoms with Crippen molar-refractivity contribution in [3.05, 3.63) is 59.4 Å². The quantitative estimate of drug-likeness (QED) is 0.843. The van der Waals surface area contributed by atoms with Gasteiger partial charge in [-0.25, -0.2) is 0 Å². The Morgan fingerprint density at radius 1 is 1.26 bits per heavy atom. The van der Waals surface area contributed by atoms with Gasteiger partial charge in [0, 0.05) is 13.2 Å². The van der Waals surface area contributed by atoms with Crippen molar-refractivity contribution in [2.45, 2.75) is 20.3 Å². The normalized spacial score (nSPS) is 10.3. The lowest BCUT2D eigenvalue weighted by molar-refractivity contribution is -0.117. The molecule has 3 nitrogen and oxygen atoms in total. The maximum atomic E-state index is 12.3. The topological polar surface area (TPSA) is 33.2 Å². The van der Waals surface area contributed by atoms with Crippen LogP contribution in [0.2, 0.25) is 0 Å². The van der Waals surface area contributed by atoms with Crippen LogP contribution in [-0.4, -0.2) is 17.9 Å². The number of rotatable bonds is 3. The molecule has 0 N–H and O–H groups in total. The van der Waals surface area contributed by atoms with Crippen molar-refractivity contribution >= 4 is 11.6 Å². The first-order chi connectivity index (χ1) is 9.08. The highest BCUT2D eigenvalue weighted by atomic mass is 16.2. The van der Waals surface area contributed by atoms with E-state index in [1.165, 1.54) is 5.56 Å². The summed E-state index contributed by atoms with van der Waals surface area (Å²) >= 11 is 0. The molecule has 0 fully saturated rings. The summed E-state index contributed by atoms with van der Waals surface area (Å²) in [7, 11) is 1.78. The molecule has 0 atom stereocenters. The van der Waals surface area contributed by atoms with E-state index < -0.39 is 0 Å². The lowest BCUT2D eigenvalue weighted by Gasteiger charge is -2.17. The SMILES string of the molecule is Cc1ccc(C)c(CC(=O)N(C)c2cccnc2)c1. The Morgan fingerprint density at radius 2 is 2.05 bits per heavy atom. The van der Waals surface area contributed by atoms with Crippen LogP contribution in [0.15, 0.2) is 42.7 Å². The third-order valence-electron chi connectivity index (χ3n) is 3.25. The Kier molecular flexibility index (Phi) is 3.95. The average molecular weight is 254 g/mol. The molecule has 2 rings (SSSR count). The van der Waals surface area contributed by atoms with E-state index >= 15 is 0 Å². The second kappa shape index (κ2) is 5.65. The van der Waals surface area contributed by atoms with Gasteiger partial charge >= 0.3 is 0 Å². The van der Waals surface area contributed by atoms with Crippen molar-refractivity contribution in [3.8, 4) is 0 Å². The van der Waals surface area contributed by atoms with Crippen LogP contribution in [0.3, 0.4) is 0 Å². The van der Waals surface area contributed by atoms with Gasteiger partial charge in [0.05, 0.1) is 18.3 Å². The molecule has 1 amide bonds. The molecule has 0 aliphatic carbocycles. The van der Waals surface area contributed by atoms with Crippen molar-refractivity contribution in [3.63, 3.8) is 0 Å². The Hall–Kier alpha value is -2.16. The standard InChI is InChI=1S/C16H18N2O/c1-12-6-7-13(2)14(9-12)10-16(19)18(3)15-5-4-8-17-11-15/h4-9,11H,10H2,1-3H3. The van der Waals surface area contributed by atoms with E-state index in [0.29, 0.717) is 6.42 Å². The smallest absolute Gasteiger partial charge is 0.231 e. The van der Waals surface area contributed by atoms with Gasteiger partial charge < -0.3 is 4.90 Å². The summed E-state index contributed by atoms with van der Waals surface area (Å²) in [4.78, 5) is 18.0. The van der Waals surface area contributed by atoms with Gasteiger partial charge in [-0.2, -0.15) is 0 Å². The molecule has 1 heterocycles. The van der Waals surface area contributed by atoms with Gasteiger partial charge in [0.25, 0.3) is 0 Å². The summed E-state index contributed by atoms with van der Waals surface area (Å²) in [6.07, 6.45) is 3.81. The molecule has 0 saturated heterocycles. The number of likely N-dealkylation sites (N-methyl/N-ethyl adjacent to an activating group) is 1. The number of amides is 1. The van der Waals surface area contributed by atoms with E-state index in [9.17, 15) is 4.79 Å². The van der Waals surface area contributed by atoms with Gasteiger partial charge in [-0.05, 0) is 37.1 Å². The van der Waals surface area contributed by atoms with Crippen LogP contribution in [0.1, 0.15) is 16.7 Å². The minimum absolute atomic E-state index is 0.0710. The number of anilines is 1. The first-order valence-electron chi connectivity index (χ1n) is 6.30. The third-order valence-corrected chi connectivity index (χ3v) is 3.25. The fourth-order valence-corrected chi connectivity index (χ4v) is 1.97. The molecular formula is C16H18N2O. The highest BCUT2D eigenvalue weighted by Crippen LogP contribution is 2.15. The van der Waals surface area contributed by atoms with Gasteiger partial charge in [0.2, 0.25) is 5.91 Å². The molecule has 0 saturated carbocycles. The lowest BCUT2D eigenvalue weighted by Crippen LogP contribution is -2.28. The summed E-state index contributed by atoms with van der Waals surface area (Å²) in [6.45, 7) is 4.07. The molecule has 19 heavy (non-hydrogen) atoms. The molecular weight excluding hydrogens is 236 g/mol. The third kappa shape index (κ3) is 3.19. The predicted octanol–water partition coefficient (Wildman–Crippen LogP) is 2.90. The number of aryl methyl sites for hydroxylation is 2. The summed E-state index contributed by atoms with van der Waals surface area (Å²) in [5.41, 5.74) is 4.23. The van der Waals surface area contributed by atoms with E-state index in [1.54, 1.807) is 24.3 Å². The maximum absolute atomic E-state index is 12.3. The summed E-state index contributed by atoms with van der Waals surface area (Å²) in [5.74, 6) is 0.0710. The number of benzene rings is 1. The van der Waals surface area contributed by atoms with Crippen molar-refractivity contribution in [2.24, 2.45) is 0 Å². The van der Waals surface area contributed by atoms with E-state index in [0.717, 1.165) is 16.8 Å². The van der Waals surface area contributed by atoms with Crippen LogP contribution in [-0.2, 0) is 11.2 Å². The van der Waals surface area contributed by atoms with Crippen molar-refractivity contribution < 1.29 is 4.79 Å². The van der Waals surface area contributed by atoms with Crippen LogP contribution >= 0.6 is 0 Å². The van der Waals surface area contributed by atoms with Gasteiger partial charge in [-0.15, -0.1) is 0 Å².